The zero-order chi connectivity index (χ0) is 32.0. The Morgan fingerprint density at radius 1 is 0.375 bits per heavy atom. The van der Waals surface area contributed by atoms with Crippen molar-refractivity contribution in [2.75, 3.05) is 0 Å². The lowest BCUT2D eigenvalue weighted by Gasteiger charge is -2.21. The molecule has 0 amide bonds. The second-order valence-electron chi connectivity index (χ2n) is 13.6. The van der Waals surface area contributed by atoms with Gasteiger partial charge in [-0.1, -0.05) is 172 Å². The van der Waals surface area contributed by atoms with Crippen LogP contribution in [0.2, 0.25) is 0 Å². The first-order valence-electron chi connectivity index (χ1n) is 16.8. The molecule has 0 atom stereocenters. The molecule has 10 rings (SSSR count). The number of para-hydroxylation sites is 1. The van der Waals surface area contributed by atoms with Gasteiger partial charge in [-0.05, 0) is 60.1 Å². The summed E-state index contributed by atoms with van der Waals surface area (Å²) in [6.07, 6.45) is 0. The smallest absolute Gasteiger partial charge is 0.143 e. The molecule has 226 valence electrons. The second-order valence-corrected chi connectivity index (χ2v) is 13.6. The van der Waals surface area contributed by atoms with Gasteiger partial charge in [0.2, 0.25) is 0 Å². The topological polar surface area (TPSA) is 13.1 Å². The number of furan rings is 1. The highest BCUT2D eigenvalue weighted by Gasteiger charge is 2.40. The minimum absolute atomic E-state index is 0.144. The summed E-state index contributed by atoms with van der Waals surface area (Å²) in [5.41, 5.74) is 12.0. The standard InChI is InChI=1S/C47H32O/c1-47(2)41-28-12-11-24-38(41)46-44(47)40-27-14-26-39(45(40)48-46)43-36-22-9-7-20-34(36)42(35-21-8-10-23-37(35)43)33-19-6-5-18-32(33)31-25-13-16-29-15-3-4-17-30(29)31/h3-28H,1-2H3. The SMILES string of the molecule is CC1(C)c2ccccc2-c2oc3c(-c4c5ccccc5c(-c5ccccc5-c5cccc6ccccc56)c5ccccc45)cccc3c21. The summed E-state index contributed by atoms with van der Waals surface area (Å²) in [7, 11) is 0. The van der Waals surface area contributed by atoms with Crippen LogP contribution >= 0.6 is 0 Å². The van der Waals surface area contributed by atoms with Crippen molar-refractivity contribution in [3.8, 4) is 44.7 Å². The third-order valence-corrected chi connectivity index (χ3v) is 10.7. The van der Waals surface area contributed by atoms with Crippen molar-refractivity contribution in [3.63, 3.8) is 0 Å². The highest BCUT2D eigenvalue weighted by Crippen LogP contribution is 2.55. The molecule has 0 saturated heterocycles. The van der Waals surface area contributed by atoms with Crippen molar-refractivity contribution in [2.24, 2.45) is 0 Å². The maximum atomic E-state index is 6.99. The Labute approximate surface area is 279 Å². The number of rotatable bonds is 3. The van der Waals surface area contributed by atoms with Gasteiger partial charge >= 0.3 is 0 Å². The lowest BCUT2D eigenvalue weighted by molar-refractivity contribution is 0.620. The maximum absolute atomic E-state index is 6.99. The van der Waals surface area contributed by atoms with Crippen molar-refractivity contribution in [2.45, 2.75) is 19.3 Å². The van der Waals surface area contributed by atoms with Gasteiger partial charge in [-0.15, -0.1) is 0 Å². The fraction of sp³-hybridized carbons (Fsp3) is 0.0638. The highest BCUT2D eigenvalue weighted by atomic mass is 16.3. The van der Waals surface area contributed by atoms with Crippen LogP contribution in [0.25, 0.3) is 88.0 Å². The number of hydrogen-bond acceptors (Lipinski definition) is 1. The minimum atomic E-state index is -0.144. The number of fused-ring (bicyclic) bond motifs is 8. The Hall–Kier alpha value is -5.92. The van der Waals surface area contributed by atoms with Gasteiger partial charge in [-0.3, -0.25) is 0 Å². The first-order valence-corrected chi connectivity index (χ1v) is 16.8. The van der Waals surface area contributed by atoms with Crippen LogP contribution in [-0.2, 0) is 5.41 Å². The van der Waals surface area contributed by atoms with Crippen molar-refractivity contribution in [3.05, 3.63) is 169 Å². The molecule has 0 unspecified atom stereocenters. The summed E-state index contributed by atoms with van der Waals surface area (Å²) < 4.78 is 6.99. The maximum Gasteiger partial charge on any atom is 0.143 e. The molecule has 0 aliphatic heterocycles. The second kappa shape index (κ2) is 10.0. The monoisotopic (exact) mass is 612 g/mol. The summed E-state index contributed by atoms with van der Waals surface area (Å²) in [5.74, 6) is 1.01. The molecule has 48 heavy (non-hydrogen) atoms. The third kappa shape index (κ3) is 3.67. The van der Waals surface area contributed by atoms with E-state index in [0.29, 0.717) is 0 Å². The van der Waals surface area contributed by atoms with Crippen molar-refractivity contribution in [1.82, 2.24) is 0 Å². The fourth-order valence-electron chi connectivity index (χ4n) is 8.59. The van der Waals surface area contributed by atoms with Crippen LogP contribution in [0.5, 0.6) is 0 Å². The zero-order valence-corrected chi connectivity index (χ0v) is 26.9. The number of hydrogen-bond donors (Lipinski definition) is 0. The van der Waals surface area contributed by atoms with E-state index >= 15 is 0 Å². The molecular formula is C47H32O. The molecule has 8 aromatic carbocycles. The van der Waals surface area contributed by atoms with E-state index in [4.69, 9.17) is 4.42 Å². The normalized spacial score (nSPS) is 13.4. The van der Waals surface area contributed by atoms with Gasteiger partial charge in [-0.2, -0.15) is 0 Å². The van der Waals surface area contributed by atoms with E-state index in [-0.39, 0.29) is 5.41 Å². The number of benzene rings is 8. The van der Waals surface area contributed by atoms with Crippen LogP contribution in [0.15, 0.2) is 162 Å². The fourth-order valence-corrected chi connectivity index (χ4v) is 8.59. The van der Waals surface area contributed by atoms with Crippen LogP contribution in [-0.4, -0.2) is 0 Å². The Bertz CT molecular complexity index is 2690. The lowest BCUT2D eigenvalue weighted by atomic mass is 9.80. The summed E-state index contributed by atoms with van der Waals surface area (Å²) in [6.45, 7) is 4.65. The van der Waals surface area contributed by atoms with Gasteiger partial charge in [0.25, 0.3) is 0 Å². The molecule has 0 bridgehead atoms. The summed E-state index contributed by atoms with van der Waals surface area (Å²) >= 11 is 0. The molecule has 1 heterocycles. The highest BCUT2D eigenvalue weighted by molar-refractivity contribution is 6.24. The van der Waals surface area contributed by atoms with Crippen LogP contribution in [0.4, 0.5) is 0 Å². The zero-order valence-electron chi connectivity index (χ0n) is 26.9. The quantitative estimate of drug-likeness (QED) is 0.181. The molecule has 1 aromatic heterocycles. The first kappa shape index (κ1) is 27.2. The van der Waals surface area contributed by atoms with Gasteiger partial charge < -0.3 is 4.42 Å². The average molecular weight is 613 g/mol. The molecule has 1 aliphatic carbocycles. The van der Waals surface area contributed by atoms with Crippen molar-refractivity contribution in [1.29, 1.82) is 0 Å². The van der Waals surface area contributed by atoms with E-state index in [1.807, 2.05) is 0 Å². The lowest BCUT2D eigenvalue weighted by Crippen LogP contribution is -2.14. The largest absolute Gasteiger partial charge is 0.455 e. The predicted octanol–water partition coefficient (Wildman–Crippen LogP) is 13.2. The summed E-state index contributed by atoms with van der Waals surface area (Å²) in [5, 5.41) is 8.63. The van der Waals surface area contributed by atoms with E-state index in [1.54, 1.807) is 0 Å². The Morgan fingerprint density at radius 2 is 0.833 bits per heavy atom. The predicted molar refractivity (Wildman–Crippen MR) is 203 cm³/mol. The van der Waals surface area contributed by atoms with Crippen molar-refractivity contribution >= 4 is 43.3 Å². The first-order chi connectivity index (χ1) is 23.6. The van der Waals surface area contributed by atoms with E-state index in [1.165, 1.54) is 82.2 Å². The molecule has 0 radical (unpaired) electrons. The molecule has 1 heteroatoms. The molecule has 1 aliphatic rings. The van der Waals surface area contributed by atoms with Crippen LogP contribution in [0, 0.1) is 0 Å². The van der Waals surface area contributed by atoms with Gasteiger partial charge in [-0.25, -0.2) is 0 Å². The molecule has 0 N–H and O–H groups in total. The molecule has 0 saturated carbocycles. The minimum Gasteiger partial charge on any atom is -0.455 e. The molecule has 0 spiro atoms. The van der Waals surface area contributed by atoms with E-state index < -0.39 is 0 Å². The van der Waals surface area contributed by atoms with Gasteiger partial charge in [0.05, 0.1) is 0 Å². The van der Waals surface area contributed by atoms with Gasteiger partial charge in [0.1, 0.15) is 11.3 Å². The van der Waals surface area contributed by atoms with Crippen LogP contribution in [0.1, 0.15) is 25.0 Å². The summed E-state index contributed by atoms with van der Waals surface area (Å²) in [6, 6.07) is 57.5. The summed E-state index contributed by atoms with van der Waals surface area (Å²) in [4.78, 5) is 0. The Balaban J connectivity index is 1.30. The van der Waals surface area contributed by atoms with E-state index in [2.05, 4.69) is 172 Å². The van der Waals surface area contributed by atoms with E-state index in [0.717, 1.165) is 16.9 Å². The average Bonchev–Trinajstić information content (AvgIpc) is 3.64. The van der Waals surface area contributed by atoms with Crippen LogP contribution < -0.4 is 0 Å². The third-order valence-electron chi connectivity index (χ3n) is 10.7. The Kier molecular flexibility index (Phi) is 5.69. The molecular weight excluding hydrogens is 581 g/mol. The van der Waals surface area contributed by atoms with Gasteiger partial charge in [0.15, 0.2) is 0 Å². The molecule has 1 nitrogen and oxygen atoms in total. The molecule has 0 fully saturated rings. The van der Waals surface area contributed by atoms with E-state index in [9.17, 15) is 0 Å². The molecule has 9 aromatic rings. The van der Waals surface area contributed by atoms with Crippen LogP contribution in [0.3, 0.4) is 0 Å². The Morgan fingerprint density at radius 3 is 1.54 bits per heavy atom. The van der Waals surface area contributed by atoms with Gasteiger partial charge in [0, 0.05) is 33.1 Å². The van der Waals surface area contributed by atoms with Crippen molar-refractivity contribution < 1.29 is 4.42 Å².